The number of hydrogen-bond acceptors (Lipinski definition) is 5. The maximum atomic E-state index is 13.0. The number of carbonyl (C=O) groups is 1. The Morgan fingerprint density at radius 1 is 0.968 bits per heavy atom. The van der Waals surface area contributed by atoms with E-state index < -0.39 is 10.0 Å². The quantitative estimate of drug-likeness (QED) is 0.657. The first-order valence-electron chi connectivity index (χ1n) is 11.2. The Bertz CT molecular complexity index is 1040. The van der Waals surface area contributed by atoms with Gasteiger partial charge in [-0.25, -0.2) is 13.4 Å². The fourth-order valence-corrected chi connectivity index (χ4v) is 6.11. The number of aryl methyl sites for hydroxylation is 2. The highest BCUT2D eigenvalue weighted by molar-refractivity contribution is 7.89. The molecule has 2 aliphatic rings. The van der Waals surface area contributed by atoms with E-state index in [0.29, 0.717) is 13.1 Å². The number of benzene rings is 1. The highest BCUT2D eigenvalue weighted by Gasteiger charge is 2.29. The maximum Gasteiger partial charge on any atom is 0.244 e. The standard InChI is InChI=1S/C24H31N3O3S/c1-18-6-8-22(19(2)16-18)24(28)20-10-14-26(15-11-20)23-9-7-21(17-25-23)31(29,30)27-12-4-3-5-13-27/h6-9,16-17,20H,3-5,10-15H2,1-2H3. The lowest BCUT2D eigenvalue weighted by molar-refractivity contribution is 0.0900. The van der Waals surface area contributed by atoms with Crippen LogP contribution in [0.25, 0.3) is 0 Å². The van der Waals surface area contributed by atoms with Crippen molar-refractivity contribution >= 4 is 21.6 Å². The second-order valence-corrected chi connectivity index (χ2v) is 10.7. The van der Waals surface area contributed by atoms with Gasteiger partial charge in [0.15, 0.2) is 5.78 Å². The van der Waals surface area contributed by atoms with Gasteiger partial charge in [-0.3, -0.25) is 4.79 Å². The Labute approximate surface area is 185 Å². The molecule has 6 nitrogen and oxygen atoms in total. The van der Waals surface area contributed by atoms with E-state index in [-0.39, 0.29) is 16.6 Å². The zero-order valence-electron chi connectivity index (χ0n) is 18.4. The van der Waals surface area contributed by atoms with Gasteiger partial charge in [0.25, 0.3) is 0 Å². The molecule has 2 fully saturated rings. The summed E-state index contributed by atoms with van der Waals surface area (Å²) in [6.45, 7) is 6.70. The number of ketones is 1. The predicted octanol–water partition coefficient (Wildman–Crippen LogP) is 3.97. The van der Waals surface area contributed by atoms with Crippen LogP contribution in [0, 0.1) is 19.8 Å². The van der Waals surface area contributed by atoms with Crippen molar-refractivity contribution in [3.05, 3.63) is 53.2 Å². The lowest BCUT2D eigenvalue weighted by atomic mass is 9.87. The third kappa shape index (κ3) is 4.67. The smallest absolute Gasteiger partial charge is 0.244 e. The summed E-state index contributed by atoms with van der Waals surface area (Å²) in [5, 5.41) is 0. The molecule has 4 rings (SSSR count). The van der Waals surface area contributed by atoms with Gasteiger partial charge in [-0.2, -0.15) is 4.31 Å². The van der Waals surface area contributed by atoms with E-state index in [4.69, 9.17) is 0 Å². The zero-order chi connectivity index (χ0) is 22.0. The normalized spacial score (nSPS) is 18.8. The van der Waals surface area contributed by atoms with Crippen LogP contribution >= 0.6 is 0 Å². The van der Waals surface area contributed by atoms with Crippen molar-refractivity contribution in [2.75, 3.05) is 31.1 Å². The average molecular weight is 442 g/mol. The topological polar surface area (TPSA) is 70.6 Å². The maximum absolute atomic E-state index is 13.0. The predicted molar refractivity (Wildman–Crippen MR) is 122 cm³/mol. The van der Waals surface area contributed by atoms with E-state index in [0.717, 1.165) is 62.1 Å². The van der Waals surface area contributed by atoms with Crippen LogP contribution in [0.15, 0.2) is 41.4 Å². The summed E-state index contributed by atoms with van der Waals surface area (Å²) in [6, 6.07) is 9.47. The Hall–Kier alpha value is -2.25. The number of anilines is 1. The van der Waals surface area contributed by atoms with Gasteiger partial charge < -0.3 is 4.90 Å². The lowest BCUT2D eigenvalue weighted by Gasteiger charge is -2.32. The number of rotatable bonds is 5. The van der Waals surface area contributed by atoms with Crippen molar-refractivity contribution in [3.8, 4) is 0 Å². The second kappa shape index (κ2) is 9.09. The molecule has 7 heteroatoms. The van der Waals surface area contributed by atoms with E-state index in [2.05, 4.69) is 16.0 Å². The molecule has 3 heterocycles. The van der Waals surface area contributed by atoms with Crippen LogP contribution in [-0.2, 0) is 10.0 Å². The van der Waals surface area contributed by atoms with Crippen molar-refractivity contribution in [1.82, 2.24) is 9.29 Å². The Kier molecular flexibility index (Phi) is 6.44. The molecule has 166 valence electrons. The van der Waals surface area contributed by atoms with Gasteiger partial charge in [0.1, 0.15) is 10.7 Å². The van der Waals surface area contributed by atoms with E-state index in [9.17, 15) is 13.2 Å². The highest BCUT2D eigenvalue weighted by Crippen LogP contribution is 2.27. The summed E-state index contributed by atoms with van der Waals surface area (Å²) in [7, 11) is -3.46. The minimum Gasteiger partial charge on any atom is -0.357 e. The van der Waals surface area contributed by atoms with Crippen molar-refractivity contribution in [1.29, 1.82) is 0 Å². The molecule has 1 aromatic heterocycles. The summed E-state index contributed by atoms with van der Waals surface area (Å²) < 4.78 is 27.2. The molecule has 0 saturated carbocycles. The van der Waals surface area contributed by atoms with Crippen LogP contribution in [0.3, 0.4) is 0 Å². The van der Waals surface area contributed by atoms with E-state index in [1.165, 1.54) is 11.8 Å². The molecule has 0 unspecified atom stereocenters. The van der Waals surface area contributed by atoms with Crippen molar-refractivity contribution in [3.63, 3.8) is 0 Å². The van der Waals surface area contributed by atoms with Gasteiger partial charge in [0.2, 0.25) is 10.0 Å². The van der Waals surface area contributed by atoms with Crippen LogP contribution < -0.4 is 4.90 Å². The molecule has 0 radical (unpaired) electrons. The second-order valence-electron chi connectivity index (χ2n) is 8.76. The Morgan fingerprint density at radius 3 is 2.29 bits per heavy atom. The number of aromatic nitrogens is 1. The van der Waals surface area contributed by atoms with Crippen molar-refractivity contribution in [2.45, 2.75) is 50.8 Å². The molecule has 0 spiro atoms. The fourth-order valence-electron chi connectivity index (χ4n) is 4.65. The minimum atomic E-state index is -3.46. The van der Waals surface area contributed by atoms with Gasteiger partial charge in [0.05, 0.1) is 0 Å². The van der Waals surface area contributed by atoms with Gasteiger partial charge in [-0.1, -0.05) is 30.2 Å². The molecule has 0 amide bonds. The summed E-state index contributed by atoms with van der Waals surface area (Å²) in [5.41, 5.74) is 3.04. The number of carbonyl (C=O) groups excluding carboxylic acids is 1. The van der Waals surface area contributed by atoms with E-state index in [1.54, 1.807) is 16.4 Å². The number of hydrogen-bond donors (Lipinski definition) is 0. The third-order valence-corrected chi connectivity index (χ3v) is 8.39. The highest BCUT2D eigenvalue weighted by atomic mass is 32.2. The van der Waals surface area contributed by atoms with Crippen LogP contribution in [0.5, 0.6) is 0 Å². The summed E-state index contributed by atoms with van der Waals surface area (Å²) >= 11 is 0. The molecule has 2 aliphatic heterocycles. The average Bonchev–Trinajstić information content (AvgIpc) is 2.79. The number of Topliss-reactive ketones (excluding diaryl/α,β-unsaturated/α-hetero) is 1. The number of nitrogens with zero attached hydrogens (tertiary/aromatic N) is 3. The van der Waals surface area contributed by atoms with Gasteiger partial charge in [-0.15, -0.1) is 0 Å². The molecule has 0 N–H and O–H groups in total. The molecular formula is C24H31N3O3S. The van der Waals surface area contributed by atoms with Crippen LogP contribution in [0.1, 0.15) is 53.6 Å². The molecule has 0 aliphatic carbocycles. The summed E-state index contributed by atoms with van der Waals surface area (Å²) in [5.74, 6) is 1.03. The first kappa shape index (κ1) is 22.0. The third-order valence-electron chi connectivity index (χ3n) is 6.51. The van der Waals surface area contributed by atoms with Crippen LogP contribution in [-0.4, -0.2) is 49.7 Å². The first-order valence-corrected chi connectivity index (χ1v) is 12.6. The van der Waals surface area contributed by atoms with Gasteiger partial charge >= 0.3 is 0 Å². The molecule has 0 atom stereocenters. The van der Waals surface area contributed by atoms with Gasteiger partial charge in [0, 0.05) is 43.9 Å². The number of pyridine rings is 1. The molecule has 1 aromatic carbocycles. The van der Waals surface area contributed by atoms with E-state index in [1.807, 2.05) is 26.0 Å². The Morgan fingerprint density at radius 2 is 1.68 bits per heavy atom. The largest absolute Gasteiger partial charge is 0.357 e. The SMILES string of the molecule is Cc1ccc(C(=O)C2CCN(c3ccc(S(=O)(=O)N4CCCCC4)cn3)CC2)c(C)c1. The summed E-state index contributed by atoms with van der Waals surface area (Å²) in [6.07, 6.45) is 5.96. The lowest BCUT2D eigenvalue weighted by Crippen LogP contribution is -2.37. The van der Waals surface area contributed by atoms with Crippen molar-refractivity contribution < 1.29 is 13.2 Å². The number of sulfonamides is 1. The van der Waals surface area contributed by atoms with Crippen molar-refractivity contribution in [2.24, 2.45) is 5.92 Å². The van der Waals surface area contributed by atoms with Crippen LogP contribution in [0.4, 0.5) is 5.82 Å². The molecule has 2 aromatic rings. The molecule has 0 bridgehead atoms. The fraction of sp³-hybridized carbons (Fsp3) is 0.500. The minimum absolute atomic E-state index is 0.0245. The molecule has 2 saturated heterocycles. The molecular weight excluding hydrogens is 410 g/mol. The van der Waals surface area contributed by atoms with E-state index >= 15 is 0 Å². The first-order chi connectivity index (χ1) is 14.9. The number of piperidine rings is 2. The summed E-state index contributed by atoms with van der Waals surface area (Å²) in [4.78, 5) is 19.8. The van der Waals surface area contributed by atoms with Gasteiger partial charge in [-0.05, 0) is 57.2 Å². The zero-order valence-corrected chi connectivity index (χ0v) is 19.2. The monoisotopic (exact) mass is 441 g/mol. The molecule has 31 heavy (non-hydrogen) atoms. The van der Waals surface area contributed by atoms with Crippen LogP contribution in [0.2, 0.25) is 0 Å². The Balaban J connectivity index is 1.39.